The summed E-state index contributed by atoms with van der Waals surface area (Å²) in [5, 5.41) is 0. The van der Waals surface area contributed by atoms with E-state index in [9.17, 15) is 4.79 Å². The van der Waals surface area contributed by atoms with Crippen molar-refractivity contribution in [1.29, 1.82) is 0 Å². The van der Waals surface area contributed by atoms with Gasteiger partial charge in [0.1, 0.15) is 0 Å². The predicted octanol–water partition coefficient (Wildman–Crippen LogP) is 1.71. The molecular formula is C13H25ClN2O2. The molecule has 1 saturated carbocycles. The van der Waals surface area contributed by atoms with Crippen LogP contribution in [0.25, 0.3) is 0 Å². The zero-order valence-corrected chi connectivity index (χ0v) is 12.0. The van der Waals surface area contributed by atoms with Crippen LogP contribution in [0.2, 0.25) is 0 Å². The van der Waals surface area contributed by atoms with Gasteiger partial charge in [-0.1, -0.05) is 19.8 Å². The van der Waals surface area contributed by atoms with Crippen LogP contribution in [0.3, 0.4) is 0 Å². The Bertz CT molecular complexity index is 282. The summed E-state index contributed by atoms with van der Waals surface area (Å²) >= 11 is 0. The quantitative estimate of drug-likeness (QED) is 0.850. The summed E-state index contributed by atoms with van der Waals surface area (Å²) in [6.07, 6.45) is 6.35. The number of carbonyl (C=O) groups is 1. The van der Waals surface area contributed by atoms with Crippen molar-refractivity contribution in [3.63, 3.8) is 0 Å². The molecule has 1 saturated heterocycles. The number of hydrogen-bond donors (Lipinski definition) is 1. The molecule has 0 bridgehead atoms. The Morgan fingerprint density at radius 2 is 2.22 bits per heavy atom. The van der Waals surface area contributed by atoms with Crippen LogP contribution in [0.5, 0.6) is 0 Å². The van der Waals surface area contributed by atoms with Gasteiger partial charge in [-0.3, -0.25) is 4.79 Å². The first kappa shape index (κ1) is 15.7. The van der Waals surface area contributed by atoms with Gasteiger partial charge in [-0.25, -0.2) is 0 Å². The van der Waals surface area contributed by atoms with Crippen molar-refractivity contribution in [3.8, 4) is 0 Å². The largest absolute Gasteiger partial charge is 0.371 e. The number of nitrogens with zero attached hydrogens (tertiary/aromatic N) is 1. The number of morpholine rings is 1. The summed E-state index contributed by atoms with van der Waals surface area (Å²) in [6.45, 7) is 4.26. The van der Waals surface area contributed by atoms with Crippen LogP contribution in [0.4, 0.5) is 0 Å². The average molecular weight is 277 g/mol. The lowest BCUT2D eigenvalue weighted by molar-refractivity contribution is -0.168. The molecule has 2 N–H and O–H groups in total. The number of carbonyl (C=O) groups excluding carboxylic acids is 1. The van der Waals surface area contributed by atoms with Crippen LogP contribution in [0.15, 0.2) is 0 Å². The lowest BCUT2D eigenvalue weighted by Gasteiger charge is -2.48. The van der Waals surface area contributed by atoms with E-state index in [0.29, 0.717) is 13.2 Å². The van der Waals surface area contributed by atoms with Crippen LogP contribution < -0.4 is 5.73 Å². The molecular weight excluding hydrogens is 252 g/mol. The van der Waals surface area contributed by atoms with Crippen molar-refractivity contribution >= 4 is 18.3 Å². The van der Waals surface area contributed by atoms with Crippen LogP contribution >= 0.6 is 12.4 Å². The molecule has 0 aromatic carbocycles. The average Bonchev–Trinajstić information content (AvgIpc) is 2.33. The fourth-order valence-electron chi connectivity index (χ4n) is 2.69. The van der Waals surface area contributed by atoms with Gasteiger partial charge >= 0.3 is 0 Å². The smallest absolute Gasteiger partial charge is 0.239 e. The number of rotatable bonds is 4. The van der Waals surface area contributed by atoms with E-state index in [1.54, 1.807) is 0 Å². The topological polar surface area (TPSA) is 55.6 Å². The van der Waals surface area contributed by atoms with E-state index in [4.69, 9.17) is 10.5 Å². The number of nitrogens with two attached hydrogens (primary N) is 1. The Balaban J connectivity index is 0.00000162. The molecule has 0 aromatic rings. The van der Waals surface area contributed by atoms with E-state index in [1.807, 2.05) is 4.90 Å². The van der Waals surface area contributed by atoms with Crippen LogP contribution in [-0.2, 0) is 9.53 Å². The summed E-state index contributed by atoms with van der Waals surface area (Å²) < 4.78 is 5.81. The second-order valence-electron chi connectivity index (χ2n) is 5.39. The van der Waals surface area contributed by atoms with Gasteiger partial charge in [-0.15, -0.1) is 12.4 Å². The Hall–Kier alpha value is -0.320. The number of halogens is 1. The third-order valence-electron chi connectivity index (χ3n) is 4.01. The van der Waals surface area contributed by atoms with Crippen molar-refractivity contribution < 1.29 is 9.53 Å². The molecule has 1 aliphatic heterocycles. The minimum absolute atomic E-state index is 0. The molecule has 0 radical (unpaired) electrons. The summed E-state index contributed by atoms with van der Waals surface area (Å²) in [5.41, 5.74) is 5.93. The second-order valence-corrected chi connectivity index (χ2v) is 5.39. The van der Waals surface area contributed by atoms with Gasteiger partial charge in [-0.05, 0) is 25.7 Å². The predicted molar refractivity (Wildman–Crippen MR) is 73.9 cm³/mol. The van der Waals surface area contributed by atoms with Gasteiger partial charge in [0.05, 0.1) is 18.2 Å². The molecule has 2 aliphatic rings. The van der Waals surface area contributed by atoms with Crippen LogP contribution in [-0.4, -0.2) is 42.1 Å². The summed E-state index contributed by atoms with van der Waals surface area (Å²) in [4.78, 5) is 14.1. The number of amides is 1. The van der Waals surface area contributed by atoms with Gasteiger partial charge < -0.3 is 15.4 Å². The van der Waals surface area contributed by atoms with Gasteiger partial charge in [-0.2, -0.15) is 0 Å². The van der Waals surface area contributed by atoms with E-state index >= 15 is 0 Å². The molecule has 1 heterocycles. The summed E-state index contributed by atoms with van der Waals surface area (Å²) in [7, 11) is 0. The molecule has 1 aliphatic carbocycles. The molecule has 18 heavy (non-hydrogen) atoms. The fourth-order valence-corrected chi connectivity index (χ4v) is 2.69. The molecule has 1 amide bonds. The zero-order chi connectivity index (χ0) is 12.3. The van der Waals surface area contributed by atoms with Crippen molar-refractivity contribution in [2.75, 3.05) is 19.7 Å². The first-order chi connectivity index (χ1) is 8.17. The Labute approximate surface area is 116 Å². The molecule has 4 nitrogen and oxygen atoms in total. The summed E-state index contributed by atoms with van der Waals surface area (Å²) in [5.74, 6) is 0.119. The lowest BCUT2D eigenvalue weighted by Crippen LogP contribution is -2.59. The molecule has 1 atom stereocenters. The maximum absolute atomic E-state index is 12.2. The van der Waals surface area contributed by atoms with Crippen molar-refractivity contribution in [2.45, 2.75) is 57.1 Å². The van der Waals surface area contributed by atoms with E-state index in [1.165, 1.54) is 6.42 Å². The molecule has 106 valence electrons. The highest BCUT2D eigenvalue weighted by Crippen LogP contribution is 2.38. The Morgan fingerprint density at radius 1 is 1.50 bits per heavy atom. The maximum atomic E-state index is 12.2. The monoisotopic (exact) mass is 276 g/mol. The van der Waals surface area contributed by atoms with Crippen LogP contribution in [0, 0.1) is 0 Å². The van der Waals surface area contributed by atoms with Crippen LogP contribution in [0.1, 0.15) is 45.4 Å². The summed E-state index contributed by atoms with van der Waals surface area (Å²) in [6, 6.07) is -0.315. The van der Waals surface area contributed by atoms with Crippen molar-refractivity contribution in [2.24, 2.45) is 5.73 Å². The normalized spacial score (nSPS) is 23.1. The third-order valence-corrected chi connectivity index (χ3v) is 4.01. The molecule has 5 heteroatoms. The first-order valence-corrected chi connectivity index (χ1v) is 6.85. The highest BCUT2D eigenvalue weighted by molar-refractivity contribution is 5.85. The zero-order valence-electron chi connectivity index (χ0n) is 11.2. The Kier molecular flexibility index (Phi) is 5.89. The fraction of sp³-hybridized carbons (Fsp3) is 0.923. The van der Waals surface area contributed by atoms with Gasteiger partial charge in [0.25, 0.3) is 0 Å². The van der Waals surface area contributed by atoms with Gasteiger partial charge in [0.15, 0.2) is 0 Å². The SMILES string of the molecule is CCCCC(N)C(=O)N1CCOC2(CCC2)C1.Cl. The Morgan fingerprint density at radius 3 is 2.78 bits per heavy atom. The second kappa shape index (κ2) is 6.73. The molecule has 2 rings (SSSR count). The highest BCUT2D eigenvalue weighted by Gasteiger charge is 2.43. The van der Waals surface area contributed by atoms with E-state index in [0.717, 1.165) is 38.6 Å². The minimum Gasteiger partial charge on any atom is -0.371 e. The minimum atomic E-state index is -0.315. The van der Waals surface area contributed by atoms with E-state index < -0.39 is 0 Å². The first-order valence-electron chi connectivity index (χ1n) is 6.85. The molecule has 1 unspecified atom stereocenters. The number of unbranched alkanes of at least 4 members (excludes halogenated alkanes) is 1. The molecule has 1 spiro atoms. The van der Waals surface area contributed by atoms with Gasteiger partial charge in [0, 0.05) is 13.1 Å². The molecule has 0 aromatic heterocycles. The third kappa shape index (κ3) is 3.37. The lowest BCUT2D eigenvalue weighted by atomic mass is 9.78. The van der Waals surface area contributed by atoms with Crippen molar-refractivity contribution in [1.82, 2.24) is 4.90 Å². The van der Waals surface area contributed by atoms with E-state index in [-0.39, 0.29) is 30.0 Å². The number of hydrogen-bond acceptors (Lipinski definition) is 3. The molecule has 2 fully saturated rings. The maximum Gasteiger partial charge on any atom is 0.239 e. The standard InChI is InChI=1S/C13H24N2O2.ClH/c1-2-3-5-11(14)12(16)15-8-9-17-13(10-15)6-4-7-13;/h11H,2-10,14H2,1H3;1H. The van der Waals surface area contributed by atoms with Gasteiger partial charge in [0.2, 0.25) is 5.91 Å². The highest BCUT2D eigenvalue weighted by atomic mass is 35.5. The number of ether oxygens (including phenoxy) is 1. The van der Waals surface area contributed by atoms with E-state index in [2.05, 4.69) is 6.92 Å². The van der Waals surface area contributed by atoms with Crippen molar-refractivity contribution in [3.05, 3.63) is 0 Å².